The van der Waals surface area contributed by atoms with Crippen molar-refractivity contribution in [3.63, 3.8) is 0 Å². The van der Waals surface area contributed by atoms with Gasteiger partial charge in [-0.1, -0.05) is 12.0 Å². The Balaban J connectivity index is 2.04. The molecule has 0 amide bonds. The number of hydrogen-bond acceptors (Lipinski definition) is 5. The van der Waals surface area contributed by atoms with Crippen LogP contribution in [0.2, 0.25) is 6.82 Å². The minimum atomic E-state index is -0.0510. The number of rotatable bonds is 2. The van der Waals surface area contributed by atoms with E-state index >= 15 is 0 Å². The first-order valence-corrected chi connectivity index (χ1v) is 4.93. The number of morpholine rings is 1. The molecule has 2 rings (SSSR count). The number of aryl methyl sites for hydroxylation is 1. The van der Waals surface area contributed by atoms with Crippen molar-refractivity contribution in [3.8, 4) is 0 Å². The van der Waals surface area contributed by atoms with Crippen LogP contribution in [-0.2, 0) is 4.74 Å². The molecule has 5 nitrogen and oxygen atoms in total. The van der Waals surface area contributed by atoms with Crippen molar-refractivity contribution in [2.45, 2.75) is 19.9 Å². The number of aromatic nitrogens is 2. The fourth-order valence-electron chi connectivity index (χ4n) is 1.58. The highest BCUT2D eigenvalue weighted by Crippen LogP contribution is 2.19. The van der Waals surface area contributed by atoms with Crippen molar-refractivity contribution in [3.05, 3.63) is 11.7 Å². The summed E-state index contributed by atoms with van der Waals surface area (Å²) in [6.45, 7) is 6.52. The smallest absolute Gasteiger partial charge is 0.257 e. The Morgan fingerprint density at radius 1 is 1.57 bits per heavy atom. The van der Waals surface area contributed by atoms with Gasteiger partial charge in [0.1, 0.15) is 6.10 Å². The monoisotopic (exact) mass is 195 g/mol. The van der Waals surface area contributed by atoms with Crippen LogP contribution >= 0.6 is 0 Å². The lowest BCUT2D eigenvalue weighted by atomic mass is 9.94. The maximum atomic E-state index is 5.57. The lowest BCUT2D eigenvalue weighted by molar-refractivity contribution is -0.0206. The zero-order valence-corrected chi connectivity index (χ0v) is 8.56. The first kappa shape index (κ1) is 9.67. The van der Waals surface area contributed by atoms with E-state index in [2.05, 4.69) is 21.8 Å². The van der Waals surface area contributed by atoms with Crippen molar-refractivity contribution < 1.29 is 9.26 Å². The molecule has 0 saturated carbocycles. The molecule has 1 aliphatic rings. The summed E-state index contributed by atoms with van der Waals surface area (Å²) in [7, 11) is 1.03. The molecule has 0 spiro atoms. The highest BCUT2D eigenvalue weighted by Gasteiger charge is 2.25. The van der Waals surface area contributed by atoms with Gasteiger partial charge in [0.25, 0.3) is 5.89 Å². The fraction of sp³-hybridized carbons (Fsp3) is 0.750. The normalized spacial score (nSPS) is 23.7. The van der Waals surface area contributed by atoms with Crippen molar-refractivity contribution >= 4 is 7.41 Å². The number of nitrogens with zero attached hydrogens (tertiary/aromatic N) is 3. The molecule has 1 aliphatic heterocycles. The molecule has 0 radical (unpaired) electrons. The number of hydrogen-bond donors (Lipinski definition) is 0. The van der Waals surface area contributed by atoms with Crippen LogP contribution in [-0.4, -0.2) is 42.1 Å². The van der Waals surface area contributed by atoms with Gasteiger partial charge in [-0.05, 0) is 6.92 Å². The summed E-state index contributed by atoms with van der Waals surface area (Å²) in [5.74, 6) is 1.26. The maximum absolute atomic E-state index is 5.57. The SMILES string of the molecule is CBN1CCOC(c2nc(C)no2)C1. The molecule has 14 heavy (non-hydrogen) atoms. The van der Waals surface area contributed by atoms with E-state index in [1.54, 1.807) is 0 Å². The summed E-state index contributed by atoms with van der Waals surface area (Å²) in [6.07, 6.45) is -0.0510. The van der Waals surface area contributed by atoms with Crippen LogP contribution in [0.15, 0.2) is 4.52 Å². The van der Waals surface area contributed by atoms with Gasteiger partial charge < -0.3 is 14.1 Å². The molecule has 1 aromatic heterocycles. The summed E-state index contributed by atoms with van der Waals surface area (Å²) in [6, 6.07) is 0. The Morgan fingerprint density at radius 3 is 3.07 bits per heavy atom. The molecule has 1 saturated heterocycles. The van der Waals surface area contributed by atoms with Crippen LogP contribution in [0.25, 0.3) is 0 Å². The average molecular weight is 195 g/mol. The van der Waals surface area contributed by atoms with Crippen molar-refractivity contribution in [1.29, 1.82) is 0 Å². The third-order valence-electron chi connectivity index (χ3n) is 2.42. The number of ether oxygens (including phenoxy) is 1. The first-order chi connectivity index (χ1) is 6.79. The van der Waals surface area contributed by atoms with Crippen LogP contribution in [0, 0.1) is 6.92 Å². The van der Waals surface area contributed by atoms with Gasteiger partial charge in [0.15, 0.2) is 5.82 Å². The van der Waals surface area contributed by atoms with E-state index < -0.39 is 0 Å². The summed E-state index contributed by atoms with van der Waals surface area (Å²) in [4.78, 5) is 6.49. The van der Waals surface area contributed by atoms with Gasteiger partial charge in [-0.3, -0.25) is 0 Å². The highest BCUT2D eigenvalue weighted by molar-refractivity contribution is 6.29. The Bertz CT molecular complexity index is 305. The molecular weight excluding hydrogens is 181 g/mol. The van der Waals surface area contributed by atoms with E-state index in [9.17, 15) is 0 Å². The van der Waals surface area contributed by atoms with Gasteiger partial charge in [0.05, 0.1) is 6.61 Å². The Morgan fingerprint density at radius 2 is 2.43 bits per heavy atom. The van der Waals surface area contributed by atoms with Crippen molar-refractivity contribution in [2.75, 3.05) is 19.7 Å². The summed E-state index contributed by atoms with van der Waals surface area (Å²) < 4.78 is 10.7. The molecule has 0 aromatic carbocycles. The van der Waals surface area contributed by atoms with Gasteiger partial charge in [-0.2, -0.15) is 4.98 Å². The molecule has 1 aromatic rings. The first-order valence-electron chi connectivity index (χ1n) is 4.93. The largest absolute Gasteiger partial charge is 0.366 e. The highest BCUT2D eigenvalue weighted by atomic mass is 16.5. The zero-order chi connectivity index (χ0) is 9.97. The topological polar surface area (TPSA) is 51.4 Å². The van der Waals surface area contributed by atoms with E-state index in [0.29, 0.717) is 11.7 Å². The third kappa shape index (κ3) is 1.96. The molecule has 1 fully saturated rings. The summed E-state index contributed by atoms with van der Waals surface area (Å²) >= 11 is 0. The maximum Gasteiger partial charge on any atom is 0.257 e. The van der Waals surface area contributed by atoms with Gasteiger partial charge in [-0.25, -0.2) is 0 Å². The zero-order valence-electron chi connectivity index (χ0n) is 8.56. The molecule has 0 N–H and O–H groups in total. The minimum Gasteiger partial charge on any atom is -0.366 e. The van der Waals surface area contributed by atoms with E-state index in [-0.39, 0.29) is 6.10 Å². The van der Waals surface area contributed by atoms with Gasteiger partial charge in [0.2, 0.25) is 7.41 Å². The van der Waals surface area contributed by atoms with Crippen molar-refractivity contribution in [1.82, 2.24) is 15.0 Å². The lowest BCUT2D eigenvalue weighted by Gasteiger charge is -2.29. The second-order valence-corrected chi connectivity index (χ2v) is 3.43. The summed E-state index contributed by atoms with van der Waals surface area (Å²) in [5, 5.41) is 3.76. The Kier molecular flexibility index (Phi) is 2.83. The van der Waals surface area contributed by atoms with Crippen molar-refractivity contribution in [2.24, 2.45) is 0 Å². The Hall–Kier alpha value is -0.875. The van der Waals surface area contributed by atoms with Crippen LogP contribution in [0.4, 0.5) is 0 Å². The quantitative estimate of drug-likeness (QED) is 0.628. The summed E-state index contributed by atoms with van der Waals surface area (Å²) in [5.41, 5.74) is 0. The van der Waals surface area contributed by atoms with E-state index in [1.165, 1.54) is 0 Å². The van der Waals surface area contributed by atoms with Gasteiger partial charge in [0, 0.05) is 13.1 Å². The van der Waals surface area contributed by atoms with Crippen LogP contribution in [0.1, 0.15) is 17.8 Å². The van der Waals surface area contributed by atoms with Crippen LogP contribution in [0.3, 0.4) is 0 Å². The third-order valence-corrected chi connectivity index (χ3v) is 2.42. The molecule has 1 atom stereocenters. The molecular formula is C8H14BN3O2. The van der Waals surface area contributed by atoms with Gasteiger partial charge >= 0.3 is 0 Å². The van der Waals surface area contributed by atoms with E-state index in [4.69, 9.17) is 9.26 Å². The molecule has 0 bridgehead atoms. The van der Waals surface area contributed by atoms with E-state index in [0.717, 1.165) is 27.1 Å². The minimum absolute atomic E-state index is 0.0510. The molecule has 2 heterocycles. The second kappa shape index (κ2) is 4.10. The van der Waals surface area contributed by atoms with E-state index in [1.807, 2.05) is 6.92 Å². The molecule has 1 unspecified atom stereocenters. The average Bonchev–Trinajstić information content (AvgIpc) is 2.65. The van der Waals surface area contributed by atoms with Crippen LogP contribution < -0.4 is 0 Å². The lowest BCUT2D eigenvalue weighted by Crippen LogP contribution is -2.39. The second-order valence-electron chi connectivity index (χ2n) is 3.43. The van der Waals surface area contributed by atoms with Crippen LogP contribution in [0.5, 0.6) is 0 Å². The predicted molar refractivity (Wildman–Crippen MR) is 52.3 cm³/mol. The molecule has 0 aliphatic carbocycles. The predicted octanol–water partition coefficient (Wildman–Crippen LogP) is 0.151. The standard InChI is InChI=1S/C8H14BN3O2/c1-6-10-8(14-11-6)7-5-12(9-2)3-4-13-7/h7,9H,3-5H2,1-2H3. The molecule has 76 valence electrons. The molecule has 6 heteroatoms. The fourth-order valence-corrected chi connectivity index (χ4v) is 1.58. The Labute approximate surface area is 83.7 Å². The van der Waals surface area contributed by atoms with Gasteiger partial charge in [-0.15, -0.1) is 0 Å².